The number of amides is 1. The van der Waals surface area contributed by atoms with Crippen molar-refractivity contribution in [2.45, 2.75) is 37.9 Å². The largest absolute Gasteiger partial charge is 0.448 e. The predicted octanol–water partition coefficient (Wildman–Crippen LogP) is 4.17. The molecular weight excluding hydrogens is 316 g/mol. The maximum atomic E-state index is 12.1. The number of anilines is 1. The van der Waals surface area contributed by atoms with Crippen molar-refractivity contribution in [3.8, 4) is 11.5 Å². The standard InChI is InChI=1S/C20H20N2O3/c23-19(10-8-15-6-2-5-13-21-15)22-16-7-9-17-18(14-16)25-20(24-17)11-3-1-4-12-20/h2,5-10,13-14H,1,3-4,11-12H2,(H,22,23)/b10-8+. The first-order valence-corrected chi connectivity index (χ1v) is 8.65. The van der Waals surface area contributed by atoms with E-state index >= 15 is 0 Å². The highest BCUT2D eigenvalue weighted by Gasteiger charge is 2.42. The summed E-state index contributed by atoms with van der Waals surface area (Å²) in [6.07, 6.45) is 10.1. The first-order valence-electron chi connectivity index (χ1n) is 8.65. The summed E-state index contributed by atoms with van der Waals surface area (Å²) >= 11 is 0. The van der Waals surface area contributed by atoms with Gasteiger partial charge in [-0.3, -0.25) is 9.78 Å². The second kappa shape index (κ2) is 6.59. The fourth-order valence-corrected chi connectivity index (χ4v) is 3.29. The van der Waals surface area contributed by atoms with Crippen LogP contribution in [0.25, 0.3) is 6.08 Å². The Morgan fingerprint density at radius 3 is 2.72 bits per heavy atom. The average molecular weight is 336 g/mol. The van der Waals surface area contributed by atoms with Crippen LogP contribution in [0, 0.1) is 0 Å². The van der Waals surface area contributed by atoms with E-state index in [2.05, 4.69) is 10.3 Å². The third-order valence-electron chi connectivity index (χ3n) is 4.51. The number of hydrogen-bond acceptors (Lipinski definition) is 4. The molecule has 5 heteroatoms. The molecule has 4 rings (SSSR count). The Kier molecular flexibility index (Phi) is 4.14. The number of carbonyl (C=O) groups is 1. The number of fused-ring (bicyclic) bond motifs is 1. The van der Waals surface area contributed by atoms with Crippen LogP contribution < -0.4 is 14.8 Å². The molecule has 128 valence electrons. The number of pyridine rings is 1. The molecule has 1 aliphatic heterocycles. The molecule has 5 nitrogen and oxygen atoms in total. The Morgan fingerprint density at radius 1 is 1.08 bits per heavy atom. The molecule has 0 atom stereocenters. The number of benzene rings is 1. The molecule has 2 aliphatic rings. The van der Waals surface area contributed by atoms with E-state index in [1.165, 1.54) is 12.5 Å². The van der Waals surface area contributed by atoms with E-state index in [0.29, 0.717) is 11.4 Å². The smallest absolute Gasteiger partial charge is 0.251 e. The van der Waals surface area contributed by atoms with Crippen LogP contribution >= 0.6 is 0 Å². The van der Waals surface area contributed by atoms with Gasteiger partial charge in [0.25, 0.3) is 5.79 Å². The van der Waals surface area contributed by atoms with E-state index in [1.54, 1.807) is 12.3 Å². The van der Waals surface area contributed by atoms with E-state index in [9.17, 15) is 4.79 Å². The summed E-state index contributed by atoms with van der Waals surface area (Å²) in [5, 5.41) is 2.84. The number of nitrogens with zero attached hydrogens (tertiary/aromatic N) is 1. The summed E-state index contributed by atoms with van der Waals surface area (Å²) in [7, 11) is 0. The van der Waals surface area contributed by atoms with Crippen molar-refractivity contribution in [1.82, 2.24) is 4.98 Å². The highest BCUT2D eigenvalue weighted by Crippen LogP contribution is 2.46. The maximum absolute atomic E-state index is 12.1. The van der Waals surface area contributed by atoms with Crippen LogP contribution in [0.3, 0.4) is 0 Å². The minimum atomic E-state index is -0.498. The number of nitrogens with one attached hydrogen (secondary N) is 1. The van der Waals surface area contributed by atoms with Gasteiger partial charge in [0, 0.05) is 36.9 Å². The van der Waals surface area contributed by atoms with Crippen LogP contribution in [-0.2, 0) is 4.79 Å². The Balaban J connectivity index is 1.42. The zero-order valence-electron chi connectivity index (χ0n) is 13.9. The second-order valence-corrected chi connectivity index (χ2v) is 6.41. The van der Waals surface area contributed by atoms with Gasteiger partial charge >= 0.3 is 0 Å². The quantitative estimate of drug-likeness (QED) is 0.855. The normalized spacial score (nSPS) is 17.8. The van der Waals surface area contributed by atoms with Gasteiger partial charge in [0.15, 0.2) is 11.5 Å². The molecule has 0 saturated heterocycles. The molecule has 1 aromatic heterocycles. The van der Waals surface area contributed by atoms with Gasteiger partial charge < -0.3 is 14.8 Å². The number of rotatable bonds is 3. The van der Waals surface area contributed by atoms with E-state index in [4.69, 9.17) is 9.47 Å². The van der Waals surface area contributed by atoms with Crippen molar-refractivity contribution in [3.05, 3.63) is 54.4 Å². The fraction of sp³-hybridized carbons (Fsp3) is 0.300. The molecule has 1 spiro atoms. The van der Waals surface area contributed by atoms with Gasteiger partial charge in [-0.1, -0.05) is 12.5 Å². The van der Waals surface area contributed by atoms with Gasteiger partial charge in [0.2, 0.25) is 5.91 Å². The van der Waals surface area contributed by atoms with Gasteiger partial charge in [0.05, 0.1) is 5.69 Å². The maximum Gasteiger partial charge on any atom is 0.251 e. The highest BCUT2D eigenvalue weighted by molar-refractivity contribution is 6.02. The summed E-state index contributed by atoms with van der Waals surface area (Å²) in [4.78, 5) is 16.2. The first kappa shape index (κ1) is 15.7. The van der Waals surface area contributed by atoms with Crippen molar-refractivity contribution in [2.75, 3.05) is 5.32 Å². The minimum absolute atomic E-state index is 0.211. The SMILES string of the molecule is O=C(/C=C/c1ccccn1)Nc1ccc2c(c1)OC1(CCCCC1)O2. The first-order chi connectivity index (χ1) is 12.2. The lowest BCUT2D eigenvalue weighted by molar-refractivity contribution is -0.111. The Labute approximate surface area is 146 Å². The lowest BCUT2D eigenvalue weighted by Crippen LogP contribution is -2.40. The number of aromatic nitrogens is 1. The Hall–Kier alpha value is -2.82. The second-order valence-electron chi connectivity index (χ2n) is 6.41. The molecule has 1 aliphatic carbocycles. The summed E-state index contributed by atoms with van der Waals surface area (Å²) in [5.74, 6) is 0.747. The molecule has 1 fully saturated rings. The third-order valence-corrected chi connectivity index (χ3v) is 4.51. The van der Waals surface area contributed by atoms with Crippen LogP contribution in [0.5, 0.6) is 11.5 Å². The molecule has 2 heterocycles. The monoisotopic (exact) mass is 336 g/mol. The Morgan fingerprint density at radius 2 is 1.92 bits per heavy atom. The lowest BCUT2D eigenvalue weighted by Gasteiger charge is -2.31. The van der Waals surface area contributed by atoms with Crippen LogP contribution in [0.1, 0.15) is 37.8 Å². The predicted molar refractivity (Wildman–Crippen MR) is 95.4 cm³/mol. The molecule has 1 saturated carbocycles. The molecule has 1 N–H and O–H groups in total. The summed E-state index contributed by atoms with van der Waals surface area (Å²) in [6.45, 7) is 0. The minimum Gasteiger partial charge on any atom is -0.448 e. The summed E-state index contributed by atoms with van der Waals surface area (Å²) in [6, 6.07) is 11.1. The average Bonchev–Trinajstić information content (AvgIpc) is 2.98. The van der Waals surface area contributed by atoms with E-state index in [1.807, 2.05) is 36.4 Å². The summed E-state index contributed by atoms with van der Waals surface area (Å²) in [5.41, 5.74) is 1.42. The molecule has 0 unspecified atom stereocenters. The highest BCUT2D eigenvalue weighted by atomic mass is 16.7. The topological polar surface area (TPSA) is 60.5 Å². The zero-order chi connectivity index (χ0) is 17.1. The molecular formula is C20H20N2O3. The molecule has 1 amide bonds. The van der Waals surface area contributed by atoms with Gasteiger partial charge in [-0.2, -0.15) is 0 Å². The Bertz CT molecular complexity index is 796. The van der Waals surface area contributed by atoms with Crippen LogP contribution in [0.2, 0.25) is 0 Å². The van der Waals surface area contributed by atoms with Crippen molar-refractivity contribution >= 4 is 17.7 Å². The zero-order valence-corrected chi connectivity index (χ0v) is 13.9. The number of hydrogen-bond donors (Lipinski definition) is 1. The number of ether oxygens (including phenoxy) is 2. The van der Waals surface area contributed by atoms with Crippen molar-refractivity contribution < 1.29 is 14.3 Å². The van der Waals surface area contributed by atoms with E-state index in [0.717, 1.165) is 37.1 Å². The molecule has 0 radical (unpaired) electrons. The van der Waals surface area contributed by atoms with E-state index in [-0.39, 0.29) is 5.91 Å². The van der Waals surface area contributed by atoms with Gasteiger partial charge in [0.1, 0.15) is 0 Å². The van der Waals surface area contributed by atoms with E-state index < -0.39 is 5.79 Å². The third kappa shape index (κ3) is 3.50. The van der Waals surface area contributed by atoms with Crippen molar-refractivity contribution in [2.24, 2.45) is 0 Å². The van der Waals surface area contributed by atoms with Crippen molar-refractivity contribution in [3.63, 3.8) is 0 Å². The molecule has 0 bridgehead atoms. The van der Waals surface area contributed by atoms with Gasteiger partial charge in [-0.05, 0) is 43.2 Å². The van der Waals surface area contributed by atoms with Crippen LogP contribution in [0.4, 0.5) is 5.69 Å². The fourth-order valence-electron chi connectivity index (χ4n) is 3.29. The molecule has 1 aromatic carbocycles. The summed E-state index contributed by atoms with van der Waals surface area (Å²) < 4.78 is 12.1. The molecule has 25 heavy (non-hydrogen) atoms. The number of carbonyl (C=O) groups excluding carboxylic acids is 1. The van der Waals surface area contributed by atoms with Crippen molar-refractivity contribution in [1.29, 1.82) is 0 Å². The lowest BCUT2D eigenvalue weighted by atomic mass is 9.94. The van der Waals surface area contributed by atoms with Gasteiger partial charge in [-0.15, -0.1) is 0 Å². The van der Waals surface area contributed by atoms with Crippen LogP contribution in [0.15, 0.2) is 48.7 Å². The van der Waals surface area contributed by atoms with Gasteiger partial charge in [-0.25, -0.2) is 0 Å². The van der Waals surface area contributed by atoms with Crippen LogP contribution in [-0.4, -0.2) is 16.7 Å². The molecule has 2 aromatic rings.